The molecule has 0 N–H and O–H groups in total. The van der Waals surface area contributed by atoms with Gasteiger partial charge in [-0.05, 0) is 12.5 Å². The first kappa shape index (κ1) is 10.2. The Kier molecular flexibility index (Phi) is 2.73. The third kappa shape index (κ3) is 2.08. The molecule has 1 aliphatic rings. The second kappa shape index (κ2) is 3.47. The third-order valence-corrected chi connectivity index (χ3v) is 3.40. The van der Waals surface area contributed by atoms with Crippen molar-refractivity contribution in [2.45, 2.75) is 12.2 Å². The second-order valence-corrected chi connectivity index (χ2v) is 4.73. The van der Waals surface area contributed by atoms with Gasteiger partial charge in [0.15, 0.2) is 0 Å². The molecule has 0 amide bonds. The Labute approximate surface area is 78.5 Å². The third-order valence-electron chi connectivity index (χ3n) is 1.86. The number of hydrogen-bond acceptors (Lipinski definition) is 3. The standard InChI is InChI=1S/C9H12O3S/c1-7-4-5-9(8(2)6-7)13(10,11)12-3/h4-6,9H,2H2,1,3H3. The molecule has 1 unspecified atom stereocenters. The molecule has 0 saturated heterocycles. The van der Waals surface area contributed by atoms with E-state index in [0.717, 1.165) is 12.7 Å². The normalized spacial score (nSPS) is 23.1. The summed E-state index contributed by atoms with van der Waals surface area (Å²) in [7, 11) is -2.37. The highest BCUT2D eigenvalue weighted by atomic mass is 32.2. The molecule has 0 heterocycles. The molecule has 0 aromatic heterocycles. The summed E-state index contributed by atoms with van der Waals surface area (Å²) in [6.07, 6.45) is 5.06. The fourth-order valence-electron chi connectivity index (χ4n) is 1.17. The summed E-state index contributed by atoms with van der Waals surface area (Å²) >= 11 is 0. The summed E-state index contributed by atoms with van der Waals surface area (Å²) in [5.74, 6) is 0. The first-order chi connectivity index (χ1) is 5.97. The van der Waals surface area contributed by atoms with Crippen molar-refractivity contribution >= 4 is 10.1 Å². The summed E-state index contributed by atoms with van der Waals surface area (Å²) < 4.78 is 27.0. The van der Waals surface area contributed by atoms with Gasteiger partial charge in [-0.15, -0.1) is 0 Å². The van der Waals surface area contributed by atoms with Gasteiger partial charge in [0.25, 0.3) is 10.1 Å². The van der Waals surface area contributed by atoms with Crippen molar-refractivity contribution in [1.82, 2.24) is 0 Å². The van der Waals surface area contributed by atoms with E-state index in [1.807, 2.05) is 6.92 Å². The van der Waals surface area contributed by atoms with Gasteiger partial charge >= 0.3 is 0 Å². The Hall–Kier alpha value is -0.870. The summed E-state index contributed by atoms with van der Waals surface area (Å²) in [5.41, 5.74) is 1.54. The highest BCUT2D eigenvalue weighted by Gasteiger charge is 2.25. The zero-order valence-electron chi connectivity index (χ0n) is 7.65. The van der Waals surface area contributed by atoms with Gasteiger partial charge in [-0.1, -0.05) is 30.4 Å². The predicted octanol–water partition coefficient (Wildman–Crippen LogP) is 1.40. The van der Waals surface area contributed by atoms with Crippen LogP contribution < -0.4 is 0 Å². The average Bonchev–Trinajstić information content (AvgIpc) is 2.03. The Morgan fingerprint density at radius 2 is 2.15 bits per heavy atom. The second-order valence-electron chi connectivity index (χ2n) is 2.90. The Bertz CT molecular complexity index is 374. The molecule has 0 spiro atoms. The van der Waals surface area contributed by atoms with E-state index in [4.69, 9.17) is 0 Å². The van der Waals surface area contributed by atoms with E-state index in [1.54, 1.807) is 18.2 Å². The van der Waals surface area contributed by atoms with Crippen LogP contribution in [0.15, 0.2) is 36.0 Å². The SMILES string of the molecule is C=C1C=C(C)C=CC1S(=O)(=O)OC. The van der Waals surface area contributed by atoms with Gasteiger partial charge in [-0.2, -0.15) is 8.42 Å². The zero-order chi connectivity index (χ0) is 10.1. The molecule has 1 atom stereocenters. The topological polar surface area (TPSA) is 43.4 Å². The van der Waals surface area contributed by atoms with Crippen LogP contribution in [0, 0.1) is 0 Å². The number of allylic oxidation sites excluding steroid dienone is 3. The van der Waals surface area contributed by atoms with Crippen molar-refractivity contribution in [2.24, 2.45) is 0 Å². The zero-order valence-corrected chi connectivity index (χ0v) is 8.47. The van der Waals surface area contributed by atoms with Gasteiger partial charge in [0.2, 0.25) is 0 Å². The fourth-order valence-corrected chi connectivity index (χ4v) is 2.09. The van der Waals surface area contributed by atoms with Crippen LogP contribution in [-0.2, 0) is 14.3 Å². The molecular weight excluding hydrogens is 188 g/mol. The largest absolute Gasteiger partial charge is 0.277 e. The number of rotatable bonds is 2. The summed E-state index contributed by atoms with van der Waals surface area (Å²) in [6.45, 7) is 5.56. The monoisotopic (exact) mass is 200 g/mol. The van der Waals surface area contributed by atoms with Gasteiger partial charge in [-0.25, -0.2) is 0 Å². The molecule has 0 radical (unpaired) electrons. The molecule has 0 aromatic rings. The minimum Gasteiger partial charge on any atom is -0.273 e. The lowest BCUT2D eigenvalue weighted by molar-refractivity contribution is 0.395. The van der Waals surface area contributed by atoms with Gasteiger partial charge in [0.1, 0.15) is 5.25 Å². The van der Waals surface area contributed by atoms with E-state index in [1.165, 1.54) is 0 Å². The molecule has 0 bridgehead atoms. The quantitative estimate of drug-likeness (QED) is 0.633. The van der Waals surface area contributed by atoms with Gasteiger partial charge in [-0.3, -0.25) is 4.18 Å². The van der Waals surface area contributed by atoms with Crippen LogP contribution in [0.1, 0.15) is 6.92 Å². The molecule has 0 saturated carbocycles. The van der Waals surface area contributed by atoms with E-state index in [9.17, 15) is 8.42 Å². The molecular formula is C9H12O3S. The minimum absolute atomic E-state index is 0.543. The van der Waals surface area contributed by atoms with Gasteiger partial charge in [0, 0.05) is 0 Å². The van der Waals surface area contributed by atoms with Crippen LogP contribution in [0.4, 0.5) is 0 Å². The molecule has 1 aliphatic carbocycles. The van der Waals surface area contributed by atoms with Gasteiger partial charge < -0.3 is 0 Å². The van der Waals surface area contributed by atoms with Crippen molar-refractivity contribution in [3.05, 3.63) is 36.0 Å². The Morgan fingerprint density at radius 3 is 2.62 bits per heavy atom. The lowest BCUT2D eigenvalue weighted by Crippen LogP contribution is -2.22. The summed E-state index contributed by atoms with van der Waals surface area (Å²) in [4.78, 5) is 0. The first-order valence-electron chi connectivity index (χ1n) is 3.82. The molecule has 13 heavy (non-hydrogen) atoms. The highest BCUT2D eigenvalue weighted by Crippen LogP contribution is 2.21. The van der Waals surface area contributed by atoms with Crippen molar-refractivity contribution in [3.8, 4) is 0 Å². The molecule has 3 nitrogen and oxygen atoms in total. The van der Waals surface area contributed by atoms with E-state index in [0.29, 0.717) is 5.57 Å². The molecule has 72 valence electrons. The summed E-state index contributed by atoms with van der Waals surface area (Å²) in [6, 6.07) is 0. The average molecular weight is 200 g/mol. The Balaban J connectivity index is 3.01. The van der Waals surface area contributed by atoms with Crippen LogP contribution in [0.3, 0.4) is 0 Å². The fraction of sp³-hybridized carbons (Fsp3) is 0.333. The van der Waals surface area contributed by atoms with Crippen LogP contribution >= 0.6 is 0 Å². The van der Waals surface area contributed by atoms with Crippen molar-refractivity contribution in [1.29, 1.82) is 0 Å². The maximum Gasteiger partial charge on any atom is 0.277 e. The molecule has 0 aromatic carbocycles. The minimum atomic E-state index is -3.52. The van der Waals surface area contributed by atoms with E-state index < -0.39 is 15.4 Å². The lowest BCUT2D eigenvalue weighted by atomic mass is 10.0. The van der Waals surface area contributed by atoms with Crippen LogP contribution in [0.5, 0.6) is 0 Å². The molecule has 1 rings (SSSR count). The molecule has 0 fully saturated rings. The highest BCUT2D eigenvalue weighted by molar-refractivity contribution is 7.87. The van der Waals surface area contributed by atoms with Crippen molar-refractivity contribution in [3.63, 3.8) is 0 Å². The smallest absolute Gasteiger partial charge is 0.273 e. The van der Waals surface area contributed by atoms with Crippen LogP contribution in [0.2, 0.25) is 0 Å². The van der Waals surface area contributed by atoms with Crippen molar-refractivity contribution < 1.29 is 12.6 Å². The molecule has 0 aliphatic heterocycles. The summed E-state index contributed by atoms with van der Waals surface area (Å²) in [5, 5.41) is -0.735. The van der Waals surface area contributed by atoms with Crippen molar-refractivity contribution in [2.75, 3.05) is 7.11 Å². The maximum atomic E-state index is 11.3. The maximum absolute atomic E-state index is 11.3. The van der Waals surface area contributed by atoms with E-state index in [2.05, 4.69) is 10.8 Å². The first-order valence-corrected chi connectivity index (χ1v) is 5.29. The lowest BCUT2D eigenvalue weighted by Gasteiger charge is -2.16. The predicted molar refractivity (Wildman–Crippen MR) is 51.8 cm³/mol. The van der Waals surface area contributed by atoms with Gasteiger partial charge in [0.05, 0.1) is 7.11 Å². The molecule has 4 heteroatoms. The van der Waals surface area contributed by atoms with Crippen LogP contribution in [0.25, 0.3) is 0 Å². The number of hydrogen-bond donors (Lipinski definition) is 0. The van der Waals surface area contributed by atoms with Crippen LogP contribution in [-0.4, -0.2) is 20.8 Å². The van der Waals surface area contributed by atoms with E-state index in [-0.39, 0.29) is 0 Å². The Morgan fingerprint density at radius 1 is 1.54 bits per heavy atom. The van der Waals surface area contributed by atoms with E-state index >= 15 is 0 Å².